The molecule has 7 nitrogen and oxygen atoms in total. The first-order chi connectivity index (χ1) is 9.26. The highest BCUT2D eigenvalue weighted by molar-refractivity contribution is 5.47. The Hall–Kier alpha value is -2.15. The summed E-state index contributed by atoms with van der Waals surface area (Å²) in [5, 5.41) is 3.26. The summed E-state index contributed by atoms with van der Waals surface area (Å²) >= 11 is 0. The van der Waals surface area contributed by atoms with Gasteiger partial charge in [-0.05, 0) is 12.8 Å². The second-order valence-corrected chi connectivity index (χ2v) is 4.72. The Kier molecular flexibility index (Phi) is 3.04. The summed E-state index contributed by atoms with van der Waals surface area (Å²) < 4.78 is 1.97. The Morgan fingerprint density at radius 3 is 2.79 bits per heavy atom. The number of nitrogens with one attached hydrogen (secondary N) is 2. The summed E-state index contributed by atoms with van der Waals surface area (Å²) in [5.74, 6) is 9.15. The molecule has 0 bridgehead atoms. The number of nitrogens with zero attached hydrogens (tertiary/aromatic N) is 4. The first-order valence-electron chi connectivity index (χ1n) is 6.32. The Bertz CT molecular complexity index is 573. The van der Waals surface area contributed by atoms with Crippen LogP contribution < -0.4 is 16.6 Å². The van der Waals surface area contributed by atoms with Crippen molar-refractivity contribution in [3.8, 4) is 0 Å². The number of hydrogen-bond donors (Lipinski definition) is 3. The van der Waals surface area contributed by atoms with E-state index in [1.165, 1.54) is 0 Å². The second kappa shape index (κ2) is 4.85. The molecule has 1 fully saturated rings. The van der Waals surface area contributed by atoms with E-state index in [1.807, 2.05) is 17.8 Å². The molecule has 2 aromatic heterocycles. The molecule has 1 aliphatic carbocycles. The predicted molar refractivity (Wildman–Crippen MR) is 72.4 cm³/mol. The van der Waals surface area contributed by atoms with Gasteiger partial charge in [0.2, 0.25) is 0 Å². The molecule has 0 radical (unpaired) electrons. The number of rotatable bonds is 5. The SMILES string of the molecule is Cn1ccnc1CNc1cc(NN)nc(C2CC2)n1. The number of hydrogen-bond acceptors (Lipinski definition) is 6. The first-order valence-corrected chi connectivity index (χ1v) is 6.32. The summed E-state index contributed by atoms with van der Waals surface area (Å²) in [6.45, 7) is 0.620. The van der Waals surface area contributed by atoms with Crippen LogP contribution in [0.25, 0.3) is 0 Å². The van der Waals surface area contributed by atoms with E-state index in [4.69, 9.17) is 5.84 Å². The molecule has 0 saturated heterocycles. The van der Waals surface area contributed by atoms with E-state index in [1.54, 1.807) is 12.3 Å². The van der Waals surface area contributed by atoms with E-state index >= 15 is 0 Å². The third-order valence-corrected chi connectivity index (χ3v) is 3.18. The fraction of sp³-hybridized carbons (Fsp3) is 0.417. The Morgan fingerprint density at radius 1 is 1.37 bits per heavy atom. The van der Waals surface area contributed by atoms with Crippen molar-refractivity contribution in [2.24, 2.45) is 12.9 Å². The maximum Gasteiger partial charge on any atom is 0.145 e. The van der Waals surface area contributed by atoms with Crippen LogP contribution in [0.2, 0.25) is 0 Å². The molecule has 2 aromatic rings. The van der Waals surface area contributed by atoms with E-state index in [0.29, 0.717) is 18.3 Å². The highest BCUT2D eigenvalue weighted by Crippen LogP contribution is 2.38. The molecule has 0 atom stereocenters. The molecule has 3 rings (SSSR count). The Balaban J connectivity index is 1.76. The summed E-state index contributed by atoms with van der Waals surface area (Å²) in [7, 11) is 1.96. The van der Waals surface area contributed by atoms with Gasteiger partial charge >= 0.3 is 0 Å². The third kappa shape index (κ3) is 2.65. The molecule has 0 aromatic carbocycles. The van der Waals surface area contributed by atoms with Crippen molar-refractivity contribution in [2.75, 3.05) is 10.7 Å². The van der Waals surface area contributed by atoms with Gasteiger partial charge in [-0.1, -0.05) is 0 Å². The molecule has 1 aliphatic rings. The molecule has 0 aliphatic heterocycles. The smallest absolute Gasteiger partial charge is 0.145 e. The van der Waals surface area contributed by atoms with E-state index in [2.05, 4.69) is 25.7 Å². The number of hydrazine groups is 1. The fourth-order valence-electron chi connectivity index (χ4n) is 1.89. The molecule has 7 heteroatoms. The molecule has 2 heterocycles. The van der Waals surface area contributed by atoms with Gasteiger partial charge in [-0.25, -0.2) is 20.8 Å². The van der Waals surface area contributed by atoms with Crippen molar-refractivity contribution in [2.45, 2.75) is 25.3 Å². The second-order valence-electron chi connectivity index (χ2n) is 4.72. The number of aryl methyl sites for hydroxylation is 1. The summed E-state index contributed by atoms with van der Waals surface area (Å²) in [6, 6.07) is 1.80. The standard InChI is InChI=1S/C12H17N7/c1-19-5-4-14-11(19)7-15-9-6-10(18-13)17-12(16-9)8-2-3-8/h4-6,8H,2-3,7,13H2,1H3,(H2,15,16,17,18). The Morgan fingerprint density at radius 2 is 2.16 bits per heavy atom. The van der Waals surface area contributed by atoms with Gasteiger partial charge in [-0.2, -0.15) is 0 Å². The highest BCUT2D eigenvalue weighted by Gasteiger charge is 2.27. The van der Waals surface area contributed by atoms with E-state index in [9.17, 15) is 0 Å². The van der Waals surface area contributed by atoms with Crippen LogP contribution in [0.1, 0.15) is 30.4 Å². The van der Waals surface area contributed by atoms with Crippen molar-refractivity contribution in [1.82, 2.24) is 19.5 Å². The topological polar surface area (TPSA) is 93.7 Å². The summed E-state index contributed by atoms with van der Waals surface area (Å²) in [5.41, 5.74) is 2.58. The van der Waals surface area contributed by atoms with Crippen molar-refractivity contribution in [3.63, 3.8) is 0 Å². The van der Waals surface area contributed by atoms with Crippen LogP contribution in [-0.4, -0.2) is 19.5 Å². The molecular formula is C12H17N7. The van der Waals surface area contributed by atoms with Gasteiger partial charge in [-0.3, -0.25) is 0 Å². The van der Waals surface area contributed by atoms with Gasteiger partial charge in [0.05, 0.1) is 6.54 Å². The minimum absolute atomic E-state index is 0.488. The molecule has 4 N–H and O–H groups in total. The number of imidazole rings is 1. The number of anilines is 2. The molecule has 100 valence electrons. The molecule has 0 spiro atoms. The highest BCUT2D eigenvalue weighted by atomic mass is 15.3. The van der Waals surface area contributed by atoms with Crippen LogP contribution in [0.15, 0.2) is 18.5 Å². The van der Waals surface area contributed by atoms with Gasteiger partial charge in [-0.15, -0.1) is 0 Å². The van der Waals surface area contributed by atoms with Crippen LogP contribution in [0, 0.1) is 0 Å². The molecule has 0 unspecified atom stereocenters. The lowest BCUT2D eigenvalue weighted by molar-refractivity contribution is 0.808. The summed E-state index contributed by atoms with van der Waals surface area (Å²) in [6.07, 6.45) is 6.01. The lowest BCUT2D eigenvalue weighted by atomic mass is 10.3. The average molecular weight is 259 g/mol. The number of aromatic nitrogens is 4. The normalized spacial score (nSPS) is 14.4. The minimum atomic E-state index is 0.488. The molecule has 0 amide bonds. The van der Waals surface area contributed by atoms with E-state index < -0.39 is 0 Å². The Labute approximate surface area is 111 Å². The van der Waals surface area contributed by atoms with E-state index in [-0.39, 0.29) is 0 Å². The van der Waals surface area contributed by atoms with Crippen LogP contribution in [0.3, 0.4) is 0 Å². The van der Waals surface area contributed by atoms with Gasteiger partial charge in [0.1, 0.15) is 23.3 Å². The largest absolute Gasteiger partial charge is 0.363 e. The van der Waals surface area contributed by atoms with Crippen molar-refractivity contribution in [1.29, 1.82) is 0 Å². The van der Waals surface area contributed by atoms with Gasteiger partial charge < -0.3 is 15.3 Å². The van der Waals surface area contributed by atoms with E-state index in [0.717, 1.165) is 30.3 Å². The number of nitrogen functional groups attached to an aromatic ring is 1. The predicted octanol–water partition coefficient (Wildman–Crippen LogP) is 0.985. The fourth-order valence-corrected chi connectivity index (χ4v) is 1.89. The van der Waals surface area contributed by atoms with Crippen molar-refractivity contribution < 1.29 is 0 Å². The monoisotopic (exact) mass is 259 g/mol. The minimum Gasteiger partial charge on any atom is -0.363 e. The quantitative estimate of drug-likeness (QED) is 0.547. The van der Waals surface area contributed by atoms with Crippen LogP contribution in [0.5, 0.6) is 0 Å². The zero-order chi connectivity index (χ0) is 13.2. The number of nitrogens with two attached hydrogens (primary N) is 1. The van der Waals surface area contributed by atoms with Crippen LogP contribution in [-0.2, 0) is 13.6 Å². The molecule has 19 heavy (non-hydrogen) atoms. The lowest BCUT2D eigenvalue weighted by Crippen LogP contribution is -2.13. The molecule has 1 saturated carbocycles. The molecular weight excluding hydrogens is 242 g/mol. The maximum atomic E-state index is 5.44. The zero-order valence-electron chi connectivity index (χ0n) is 10.8. The van der Waals surface area contributed by atoms with Gasteiger partial charge in [0, 0.05) is 31.4 Å². The van der Waals surface area contributed by atoms with Crippen LogP contribution >= 0.6 is 0 Å². The van der Waals surface area contributed by atoms with Crippen molar-refractivity contribution >= 4 is 11.6 Å². The summed E-state index contributed by atoms with van der Waals surface area (Å²) in [4.78, 5) is 13.1. The first kappa shape index (κ1) is 11.9. The van der Waals surface area contributed by atoms with Gasteiger partial charge in [0.15, 0.2) is 0 Å². The average Bonchev–Trinajstić information content (AvgIpc) is 3.20. The zero-order valence-corrected chi connectivity index (χ0v) is 10.8. The lowest BCUT2D eigenvalue weighted by Gasteiger charge is -2.09. The van der Waals surface area contributed by atoms with Crippen LogP contribution in [0.4, 0.5) is 11.6 Å². The van der Waals surface area contributed by atoms with Gasteiger partial charge in [0.25, 0.3) is 0 Å². The third-order valence-electron chi connectivity index (χ3n) is 3.18. The van der Waals surface area contributed by atoms with Crippen molar-refractivity contribution in [3.05, 3.63) is 30.1 Å². The maximum absolute atomic E-state index is 5.44.